The highest BCUT2D eigenvalue weighted by molar-refractivity contribution is 7.92. The standard InChI is InChI=1S/C22H16ClNO4S/c23-20-14-21(18-8-4-5-9-19(18)22(20)25)24-29(26,27)17-12-10-16(11-13-17)28-15-6-2-1-3-7-15/h1-14,24-25H. The number of rotatable bonds is 5. The third kappa shape index (κ3) is 3.99. The van der Waals surface area contributed by atoms with Crippen LogP contribution in [0.25, 0.3) is 10.8 Å². The number of aromatic hydroxyl groups is 1. The number of fused-ring (bicyclic) bond motifs is 1. The molecule has 146 valence electrons. The predicted octanol–water partition coefficient (Wildman–Crippen LogP) is 5.79. The molecular weight excluding hydrogens is 410 g/mol. The van der Waals surface area contributed by atoms with Gasteiger partial charge in [0.05, 0.1) is 15.6 Å². The number of hydrogen-bond acceptors (Lipinski definition) is 4. The van der Waals surface area contributed by atoms with Crippen molar-refractivity contribution < 1.29 is 18.3 Å². The summed E-state index contributed by atoms with van der Waals surface area (Å²) in [7, 11) is -3.87. The number of halogens is 1. The van der Waals surface area contributed by atoms with E-state index in [1.807, 2.05) is 30.3 Å². The number of nitrogens with one attached hydrogen (secondary N) is 1. The number of hydrogen-bond donors (Lipinski definition) is 2. The summed E-state index contributed by atoms with van der Waals surface area (Å²) >= 11 is 6.06. The molecule has 0 saturated heterocycles. The lowest BCUT2D eigenvalue weighted by Gasteiger charge is -2.13. The number of phenolic OH excluding ortho intramolecular Hbond substituents is 1. The Morgan fingerprint density at radius 2 is 1.38 bits per heavy atom. The predicted molar refractivity (Wildman–Crippen MR) is 114 cm³/mol. The zero-order valence-corrected chi connectivity index (χ0v) is 16.6. The molecule has 0 aliphatic rings. The van der Waals surface area contributed by atoms with Crippen molar-refractivity contribution in [2.75, 3.05) is 4.72 Å². The summed E-state index contributed by atoms with van der Waals surface area (Å²) in [5.74, 6) is 1.09. The van der Waals surface area contributed by atoms with Crippen LogP contribution in [0.1, 0.15) is 0 Å². The smallest absolute Gasteiger partial charge is 0.261 e. The zero-order chi connectivity index (χ0) is 20.4. The fourth-order valence-corrected chi connectivity index (χ4v) is 4.21. The molecule has 0 saturated carbocycles. The Bertz CT molecular complexity index is 1270. The zero-order valence-electron chi connectivity index (χ0n) is 15.0. The molecule has 4 aromatic rings. The average molecular weight is 426 g/mol. The van der Waals surface area contributed by atoms with Gasteiger partial charge in [0.25, 0.3) is 10.0 Å². The first-order valence-electron chi connectivity index (χ1n) is 8.70. The quantitative estimate of drug-likeness (QED) is 0.397. The molecular formula is C22H16ClNO4S. The molecule has 0 fully saturated rings. The van der Waals surface area contributed by atoms with Crippen molar-refractivity contribution >= 4 is 38.1 Å². The second kappa shape index (κ2) is 7.66. The first kappa shape index (κ1) is 19.1. The molecule has 0 aliphatic carbocycles. The Hall–Kier alpha value is -3.22. The highest BCUT2D eigenvalue weighted by atomic mass is 35.5. The lowest BCUT2D eigenvalue weighted by atomic mass is 10.1. The minimum absolute atomic E-state index is 0.0630. The van der Waals surface area contributed by atoms with Crippen LogP contribution in [0, 0.1) is 0 Å². The number of sulfonamides is 1. The highest BCUT2D eigenvalue weighted by Gasteiger charge is 2.18. The van der Waals surface area contributed by atoms with Crippen molar-refractivity contribution in [3.63, 3.8) is 0 Å². The summed E-state index contributed by atoms with van der Waals surface area (Å²) < 4.78 is 33.9. The van der Waals surface area contributed by atoms with Crippen molar-refractivity contribution in [3.05, 3.63) is 90.0 Å². The van der Waals surface area contributed by atoms with Gasteiger partial charge in [0, 0.05) is 10.8 Å². The summed E-state index contributed by atoms with van der Waals surface area (Å²) in [6, 6.07) is 23.6. The maximum atomic E-state index is 12.9. The number of anilines is 1. The lowest BCUT2D eigenvalue weighted by Crippen LogP contribution is -2.13. The largest absolute Gasteiger partial charge is 0.506 e. The van der Waals surface area contributed by atoms with Gasteiger partial charge in [0.2, 0.25) is 0 Å². The van der Waals surface area contributed by atoms with E-state index in [0.29, 0.717) is 22.3 Å². The molecule has 0 atom stereocenters. The second-order valence-corrected chi connectivity index (χ2v) is 8.38. The van der Waals surface area contributed by atoms with Crippen LogP contribution in [-0.4, -0.2) is 13.5 Å². The van der Waals surface area contributed by atoms with Gasteiger partial charge in [-0.2, -0.15) is 0 Å². The van der Waals surface area contributed by atoms with Gasteiger partial charge in [0.1, 0.15) is 17.2 Å². The normalized spacial score (nSPS) is 11.3. The summed E-state index contributed by atoms with van der Waals surface area (Å²) in [6.45, 7) is 0. The number of ether oxygens (including phenoxy) is 1. The molecule has 0 unspecified atom stereocenters. The first-order valence-corrected chi connectivity index (χ1v) is 10.6. The SMILES string of the molecule is O=S(=O)(Nc1cc(Cl)c(O)c2ccccc12)c1ccc(Oc2ccccc2)cc1. The van der Waals surface area contributed by atoms with Gasteiger partial charge >= 0.3 is 0 Å². The van der Waals surface area contributed by atoms with Crippen LogP contribution in [0.2, 0.25) is 5.02 Å². The van der Waals surface area contributed by atoms with E-state index in [1.54, 1.807) is 36.4 Å². The molecule has 4 aromatic carbocycles. The van der Waals surface area contributed by atoms with Crippen LogP contribution in [0.5, 0.6) is 17.2 Å². The molecule has 0 bridgehead atoms. The van der Waals surface area contributed by atoms with Crippen molar-refractivity contribution in [2.45, 2.75) is 4.90 Å². The van der Waals surface area contributed by atoms with Crippen molar-refractivity contribution in [1.29, 1.82) is 0 Å². The second-order valence-electron chi connectivity index (χ2n) is 6.29. The highest BCUT2D eigenvalue weighted by Crippen LogP contribution is 2.38. The van der Waals surface area contributed by atoms with E-state index in [1.165, 1.54) is 18.2 Å². The minimum atomic E-state index is -3.87. The van der Waals surface area contributed by atoms with Crippen molar-refractivity contribution in [3.8, 4) is 17.2 Å². The van der Waals surface area contributed by atoms with E-state index >= 15 is 0 Å². The lowest BCUT2D eigenvalue weighted by molar-refractivity contribution is 0.481. The molecule has 0 amide bonds. The summed E-state index contributed by atoms with van der Waals surface area (Å²) in [4.78, 5) is 0.0752. The van der Waals surface area contributed by atoms with Crippen LogP contribution >= 0.6 is 11.6 Å². The number of phenols is 1. The monoisotopic (exact) mass is 425 g/mol. The van der Waals surface area contributed by atoms with E-state index < -0.39 is 10.0 Å². The van der Waals surface area contributed by atoms with Crippen LogP contribution in [-0.2, 0) is 10.0 Å². The molecule has 2 N–H and O–H groups in total. The van der Waals surface area contributed by atoms with Gasteiger partial charge < -0.3 is 9.84 Å². The van der Waals surface area contributed by atoms with E-state index in [-0.39, 0.29) is 21.4 Å². The number of benzene rings is 4. The Morgan fingerprint density at radius 1 is 0.793 bits per heavy atom. The van der Waals surface area contributed by atoms with E-state index in [0.717, 1.165) is 0 Å². The molecule has 0 radical (unpaired) electrons. The van der Waals surface area contributed by atoms with Gasteiger partial charge in [-0.15, -0.1) is 0 Å². The summed E-state index contributed by atoms with van der Waals surface area (Å²) in [6.07, 6.45) is 0. The average Bonchev–Trinajstić information content (AvgIpc) is 2.73. The van der Waals surface area contributed by atoms with Crippen LogP contribution in [0.3, 0.4) is 0 Å². The van der Waals surface area contributed by atoms with Crippen LogP contribution in [0.15, 0.2) is 89.8 Å². The Morgan fingerprint density at radius 3 is 2.07 bits per heavy atom. The van der Waals surface area contributed by atoms with E-state index in [2.05, 4.69) is 4.72 Å². The summed E-state index contributed by atoms with van der Waals surface area (Å²) in [5.41, 5.74) is 0.285. The van der Waals surface area contributed by atoms with Gasteiger partial charge in [-0.25, -0.2) is 8.42 Å². The molecule has 0 spiro atoms. The van der Waals surface area contributed by atoms with Gasteiger partial charge in [-0.3, -0.25) is 4.72 Å². The van der Waals surface area contributed by atoms with Gasteiger partial charge in [-0.1, -0.05) is 54.1 Å². The number of para-hydroxylation sites is 1. The molecule has 7 heteroatoms. The molecule has 0 aromatic heterocycles. The Balaban J connectivity index is 1.63. The van der Waals surface area contributed by atoms with Crippen molar-refractivity contribution in [2.24, 2.45) is 0 Å². The fraction of sp³-hybridized carbons (Fsp3) is 0. The Kier molecular flexibility index (Phi) is 5.05. The molecule has 0 aliphatic heterocycles. The molecule has 5 nitrogen and oxygen atoms in total. The van der Waals surface area contributed by atoms with E-state index in [4.69, 9.17) is 16.3 Å². The Labute approximate surface area is 173 Å². The van der Waals surface area contributed by atoms with Crippen molar-refractivity contribution in [1.82, 2.24) is 0 Å². The maximum Gasteiger partial charge on any atom is 0.261 e. The fourth-order valence-electron chi connectivity index (χ4n) is 2.93. The molecule has 29 heavy (non-hydrogen) atoms. The molecule has 0 heterocycles. The topological polar surface area (TPSA) is 75.6 Å². The maximum absolute atomic E-state index is 12.9. The van der Waals surface area contributed by atoms with E-state index in [9.17, 15) is 13.5 Å². The van der Waals surface area contributed by atoms with Crippen LogP contribution in [0.4, 0.5) is 5.69 Å². The minimum Gasteiger partial charge on any atom is -0.506 e. The first-order chi connectivity index (χ1) is 13.9. The van der Waals surface area contributed by atoms with Gasteiger partial charge in [-0.05, 0) is 42.5 Å². The molecule has 4 rings (SSSR count). The third-order valence-corrected chi connectivity index (χ3v) is 6.00. The third-order valence-electron chi connectivity index (χ3n) is 4.33. The summed E-state index contributed by atoms with van der Waals surface area (Å²) in [5, 5.41) is 11.2. The van der Waals surface area contributed by atoms with Gasteiger partial charge in [0.15, 0.2) is 0 Å². The van der Waals surface area contributed by atoms with Crippen LogP contribution < -0.4 is 9.46 Å².